The molecule has 19 heavy (non-hydrogen) atoms. The lowest BCUT2D eigenvalue weighted by atomic mass is 10.0. The van der Waals surface area contributed by atoms with Gasteiger partial charge in [-0.2, -0.15) is 0 Å². The molecule has 1 aromatic rings. The molecule has 1 amide bonds. The maximum Gasteiger partial charge on any atom is 0.220 e. The fourth-order valence-corrected chi connectivity index (χ4v) is 3.61. The van der Waals surface area contributed by atoms with Gasteiger partial charge >= 0.3 is 0 Å². The summed E-state index contributed by atoms with van der Waals surface area (Å²) in [6.07, 6.45) is 9.35. The molecule has 0 heterocycles. The van der Waals surface area contributed by atoms with E-state index >= 15 is 0 Å². The molecule has 2 aliphatic rings. The maximum atomic E-state index is 12.1. The van der Waals surface area contributed by atoms with Crippen LogP contribution in [0.3, 0.4) is 0 Å². The minimum Gasteiger partial charge on any atom is -0.349 e. The van der Waals surface area contributed by atoms with Gasteiger partial charge in [0.1, 0.15) is 0 Å². The number of hydrogen-bond donors (Lipinski definition) is 1. The van der Waals surface area contributed by atoms with Gasteiger partial charge in [-0.3, -0.25) is 4.79 Å². The molecule has 0 aliphatic heterocycles. The number of fused-ring (bicyclic) bond motifs is 1. The molecule has 1 fully saturated rings. The minimum atomic E-state index is 0.244. The van der Waals surface area contributed by atoms with Gasteiger partial charge in [0.15, 0.2) is 0 Å². The molecule has 1 saturated carbocycles. The fraction of sp³-hybridized carbons (Fsp3) is 0.588. The second-order valence-corrected chi connectivity index (χ2v) is 6.05. The molecule has 1 N–H and O–H groups in total. The SMILES string of the molecule is O=C(CCC1CCCC1)NC1CCc2ccccc21. The lowest BCUT2D eigenvalue weighted by Crippen LogP contribution is -2.27. The quantitative estimate of drug-likeness (QED) is 0.874. The van der Waals surface area contributed by atoms with Crippen molar-refractivity contribution in [2.45, 2.75) is 57.4 Å². The zero-order chi connectivity index (χ0) is 13.1. The van der Waals surface area contributed by atoms with Crippen LogP contribution in [-0.2, 0) is 11.2 Å². The van der Waals surface area contributed by atoms with Crippen LogP contribution in [0.5, 0.6) is 0 Å². The number of rotatable bonds is 4. The monoisotopic (exact) mass is 257 g/mol. The van der Waals surface area contributed by atoms with Crippen molar-refractivity contribution in [1.29, 1.82) is 0 Å². The van der Waals surface area contributed by atoms with Gasteiger partial charge in [-0.05, 0) is 36.3 Å². The summed E-state index contributed by atoms with van der Waals surface area (Å²) in [5.74, 6) is 1.05. The highest BCUT2D eigenvalue weighted by atomic mass is 16.1. The Bertz CT molecular complexity index is 448. The van der Waals surface area contributed by atoms with E-state index in [4.69, 9.17) is 0 Å². The van der Waals surface area contributed by atoms with Crippen LogP contribution in [0.25, 0.3) is 0 Å². The molecule has 0 bridgehead atoms. The Hall–Kier alpha value is -1.31. The number of amides is 1. The van der Waals surface area contributed by atoms with Crippen LogP contribution in [-0.4, -0.2) is 5.91 Å². The molecule has 2 nitrogen and oxygen atoms in total. The van der Waals surface area contributed by atoms with Gasteiger partial charge in [0.25, 0.3) is 0 Å². The van der Waals surface area contributed by atoms with Gasteiger partial charge in [-0.1, -0.05) is 49.9 Å². The van der Waals surface area contributed by atoms with Gasteiger partial charge in [0.05, 0.1) is 6.04 Å². The van der Waals surface area contributed by atoms with Gasteiger partial charge < -0.3 is 5.32 Å². The topological polar surface area (TPSA) is 29.1 Å². The van der Waals surface area contributed by atoms with Crippen LogP contribution < -0.4 is 5.32 Å². The van der Waals surface area contributed by atoms with Crippen LogP contribution in [0.2, 0.25) is 0 Å². The normalized spacial score (nSPS) is 22.4. The third-order valence-corrected chi connectivity index (χ3v) is 4.72. The molecule has 1 atom stereocenters. The lowest BCUT2D eigenvalue weighted by molar-refractivity contribution is -0.122. The molecule has 1 unspecified atom stereocenters. The van der Waals surface area contributed by atoms with Crippen LogP contribution in [0, 0.1) is 5.92 Å². The Morgan fingerprint density at radius 2 is 1.95 bits per heavy atom. The van der Waals surface area contributed by atoms with Crippen molar-refractivity contribution >= 4 is 5.91 Å². The second-order valence-electron chi connectivity index (χ2n) is 6.05. The predicted molar refractivity (Wildman–Crippen MR) is 76.8 cm³/mol. The average Bonchev–Trinajstić information content (AvgIpc) is 3.07. The fourth-order valence-electron chi connectivity index (χ4n) is 3.61. The molecule has 1 aromatic carbocycles. The molecule has 0 aromatic heterocycles. The largest absolute Gasteiger partial charge is 0.349 e. The smallest absolute Gasteiger partial charge is 0.220 e. The molecule has 0 saturated heterocycles. The third kappa shape index (κ3) is 2.99. The zero-order valence-electron chi connectivity index (χ0n) is 11.5. The number of hydrogen-bond acceptors (Lipinski definition) is 1. The van der Waals surface area contributed by atoms with Gasteiger partial charge in [0, 0.05) is 6.42 Å². The van der Waals surface area contributed by atoms with Gasteiger partial charge in [-0.15, -0.1) is 0 Å². The van der Waals surface area contributed by atoms with E-state index in [2.05, 4.69) is 29.6 Å². The number of aryl methyl sites for hydroxylation is 1. The van der Waals surface area contributed by atoms with Crippen molar-refractivity contribution in [1.82, 2.24) is 5.32 Å². The standard InChI is InChI=1S/C17H23NO/c19-17(12-9-13-5-1-2-6-13)18-16-11-10-14-7-3-4-8-15(14)16/h3-4,7-8,13,16H,1-2,5-6,9-12H2,(H,18,19). The van der Waals surface area contributed by atoms with E-state index in [-0.39, 0.29) is 11.9 Å². The molecule has 3 rings (SSSR count). The van der Waals surface area contributed by atoms with E-state index in [1.807, 2.05) is 0 Å². The number of benzene rings is 1. The highest BCUT2D eigenvalue weighted by Crippen LogP contribution is 2.31. The number of carbonyl (C=O) groups is 1. The molecule has 102 valence electrons. The Morgan fingerprint density at radius 3 is 2.79 bits per heavy atom. The van der Waals surface area contributed by atoms with Crippen LogP contribution in [0.15, 0.2) is 24.3 Å². The Kier molecular flexibility index (Phi) is 3.86. The van der Waals surface area contributed by atoms with Gasteiger partial charge in [-0.25, -0.2) is 0 Å². The maximum absolute atomic E-state index is 12.1. The van der Waals surface area contributed by atoms with Crippen LogP contribution >= 0.6 is 0 Å². The summed E-state index contributed by atoms with van der Waals surface area (Å²) in [5.41, 5.74) is 2.74. The summed E-state index contributed by atoms with van der Waals surface area (Å²) >= 11 is 0. The van der Waals surface area contributed by atoms with E-state index in [1.54, 1.807) is 0 Å². The highest BCUT2D eigenvalue weighted by molar-refractivity contribution is 5.76. The second kappa shape index (κ2) is 5.77. The summed E-state index contributed by atoms with van der Waals surface area (Å²) in [5, 5.41) is 3.22. The minimum absolute atomic E-state index is 0.244. The first-order chi connectivity index (χ1) is 9.33. The average molecular weight is 257 g/mol. The molecule has 2 heteroatoms. The Balaban J connectivity index is 1.50. The van der Waals surface area contributed by atoms with Crippen molar-refractivity contribution in [2.75, 3.05) is 0 Å². The van der Waals surface area contributed by atoms with E-state index in [0.717, 1.165) is 25.2 Å². The molecule has 2 aliphatic carbocycles. The van der Waals surface area contributed by atoms with Crippen molar-refractivity contribution in [3.05, 3.63) is 35.4 Å². The highest BCUT2D eigenvalue weighted by Gasteiger charge is 2.23. The van der Waals surface area contributed by atoms with E-state index in [0.29, 0.717) is 6.42 Å². The third-order valence-electron chi connectivity index (χ3n) is 4.72. The van der Waals surface area contributed by atoms with Crippen LogP contribution in [0.4, 0.5) is 0 Å². The summed E-state index contributed by atoms with van der Waals surface area (Å²) in [6, 6.07) is 8.75. The first kappa shape index (κ1) is 12.7. The van der Waals surface area contributed by atoms with E-state index in [9.17, 15) is 4.79 Å². The summed E-state index contributed by atoms with van der Waals surface area (Å²) in [7, 11) is 0. The van der Waals surface area contributed by atoms with Crippen molar-refractivity contribution in [2.24, 2.45) is 5.92 Å². The van der Waals surface area contributed by atoms with Crippen molar-refractivity contribution in [3.63, 3.8) is 0 Å². The molecule has 0 radical (unpaired) electrons. The first-order valence-corrected chi connectivity index (χ1v) is 7.70. The summed E-state index contributed by atoms with van der Waals surface area (Å²) < 4.78 is 0. The van der Waals surface area contributed by atoms with Crippen molar-refractivity contribution < 1.29 is 4.79 Å². The Labute approximate surface area is 115 Å². The first-order valence-electron chi connectivity index (χ1n) is 7.70. The van der Waals surface area contributed by atoms with E-state index < -0.39 is 0 Å². The molecule has 0 spiro atoms. The van der Waals surface area contributed by atoms with E-state index in [1.165, 1.54) is 36.8 Å². The number of nitrogens with one attached hydrogen (secondary N) is 1. The Morgan fingerprint density at radius 1 is 1.16 bits per heavy atom. The van der Waals surface area contributed by atoms with Crippen LogP contribution in [0.1, 0.15) is 62.1 Å². The lowest BCUT2D eigenvalue weighted by Gasteiger charge is -2.15. The molecular formula is C17H23NO. The van der Waals surface area contributed by atoms with Crippen molar-refractivity contribution in [3.8, 4) is 0 Å². The summed E-state index contributed by atoms with van der Waals surface area (Å²) in [4.78, 5) is 12.1. The molecular weight excluding hydrogens is 234 g/mol. The number of carbonyl (C=O) groups excluding carboxylic acids is 1. The predicted octanol–water partition coefficient (Wildman–Crippen LogP) is 3.76. The zero-order valence-corrected chi connectivity index (χ0v) is 11.5. The van der Waals surface area contributed by atoms with Gasteiger partial charge in [0.2, 0.25) is 5.91 Å². The summed E-state index contributed by atoms with van der Waals surface area (Å²) in [6.45, 7) is 0.